The van der Waals surface area contributed by atoms with Crippen LogP contribution in [0.5, 0.6) is 5.75 Å². The molecule has 1 aromatic heterocycles. The van der Waals surface area contributed by atoms with E-state index >= 15 is 0 Å². The van der Waals surface area contributed by atoms with Gasteiger partial charge >= 0.3 is 0 Å². The zero-order chi connectivity index (χ0) is 21.0. The van der Waals surface area contributed by atoms with Gasteiger partial charge in [-0.3, -0.25) is 4.79 Å². The van der Waals surface area contributed by atoms with Crippen molar-refractivity contribution >= 4 is 17.5 Å². The van der Waals surface area contributed by atoms with Crippen LogP contribution in [-0.4, -0.2) is 48.3 Å². The monoisotopic (exact) mass is 398 g/mol. The van der Waals surface area contributed by atoms with Crippen molar-refractivity contribution < 1.29 is 14.3 Å². The summed E-state index contributed by atoms with van der Waals surface area (Å²) in [7, 11) is 0. The Kier molecular flexibility index (Phi) is 6.37. The number of hydrogen-bond donors (Lipinski definition) is 1. The lowest BCUT2D eigenvalue weighted by Gasteiger charge is -2.27. The van der Waals surface area contributed by atoms with Gasteiger partial charge in [-0.25, -0.2) is 9.97 Å². The number of anilines is 2. The Bertz CT molecular complexity index is 857. The van der Waals surface area contributed by atoms with Gasteiger partial charge in [0.05, 0.1) is 13.2 Å². The number of benzene rings is 1. The van der Waals surface area contributed by atoms with Crippen molar-refractivity contribution in [3.63, 3.8) is 0 Å². The SMILES string of the molecule is Cc1ccc(OC(C)C(=O)Nc2cc(N3CCOCC3)ncn2)c(C(C)(C)C)c1. The van der Waals surface area contributed by atoms with E-state index in [0.29, 0.717) is 19.0 Å². The molecule has 7 nitrogen and oxygen atoms in total. The van der Waals surface area contributed by atoms with Crippen molar-refractivity contribution in [3.8, 4) is 5.75 Å². The van der Waals surface area contributed by atoms with Gasteiger partial charge in [0.1, 0.15) is 23.7 Å². The quantitative estimate of drug-likeness (QED) is 0.833. The summed E-state index contributed by atoms with van der Waals surface area (Å²) in [5.74, 6) is 1.71. The molecule has 1 saturated heterocycles. The zero-order valence-corrected chi connectivity index (χ0v) is 17.9. The molecule has 7 heteroatoms. The fraction of sp³-hybridized carbons (Fsp3) is 0.500. The Balaban J connectivity index is 1.69. The third kappa shape index (κ3) is 5.44. The minimum absolute atomic E-state index is 0.0860. The van der Waals surface area contributed by atoms with E-state index in [1.54, 1.807) is 13.0 Å². The molecule has 1 N–H and O–H groups in total. The molecule has 0 bridgehead atoms. The van der Waals surface area contributed by atoms with Gasteiger partial charge in [-0.05, 0) is 30.9 Å². The summed E-state index contributed by atoms with van der Waals surface area (Å²) < 4.78 is 11.4. The molecule has 1 aliphatic heterocycles. The number of morpholine rings is 1. The second-order valence-corrected chi connectivity index (χ2v) is 8.36. The van der Waals surface area contributed by atoms with Crippen LogP contribution in [0, 0.1) is 6.92 Å². The number of carbonyl (C=O) groups excluding carboxylic acids is 1. The Hall–Kier alpha value is -2.67. The highest BCUT2D eigenvalue weighted by molar-refractivity contribution is 5.93. The summed E-state index contributed by atoms with van der Waals surface area (Å²) in [5, 5.41) is 2.84. The van der Waals surface area contributed by atoms with Crippen molar-refractivity contribution in [2.45, 2.75) is 46.1 Å². The highest BCUT2D eigenvalue weighted by atomic mass is 16.5. The molecule has 2 aromatic rings. The Morgan fingerprint density at radius 1 is 1.21 bits per heavy atom. The molecule has 1 unspecified atom stereocenters. The maximum atomic E-state index is 12.7. The number of carbonyl (C=O) groups is 1. The summed E-state index contributed by atoms with van der Waals surface area (Å²) in [6.07, 6.45) is 0.796. The van der Waals surface area contributed by atoms with Gasteiger partial charge in [-0.1, -0.05) is 38.5 Å². The number of aromatic nitrogens is 2. The largest absolute Gasteiger partial charge is 0.481 e. The minimum atomic E-state index is -0.666. The number of ether oxygens (including phenoxy) is 2. The molecule has 0 spiro atoms. The molecule has 0 saturated carbocycles. The highest BCUT2D eigenvalue weighted by Gasteiger charge is 2.23. The molecule has 156 valence electrons. The average Bonchev–Trinajstić information content (AvgIpc) is 2.69. The van der Waals surface area contributed by atoms with Crippen LogP contribution in [0.1, 0.15) is 38.8 Å². The smallest absolute Gasteiger partial charge is 0.266 e. The minimum Gasteiger partial charge on any atom is -0.481 e. The van der Waals surface area contributed by atoms with E-state index in [-0.39, 0.29) is 11.3 Å². The third-order valence-corrected chi connectivity index (χ3v) is 4.86. The predicted molar refractivity (Wildman–Crippen MR) is 114 cm³/mol. The first kappa shape index (κ1) is 21.0. The average molecular weight is 399 g/mol. The van der Waals surface area contributed by atoms with Crippen molar-refractivity contribution in [1.82, 2.24) is 9.97 Å². The molecule has 3 rings (SSSR count). The van der Waals surface area contributed by atoms with Gasteiger partial charge in [0.15, 0.2) is 6.10 Å². The lowest BCUT2D eigenvalue weighted by Crippen LogP contribution is -2.37. The van der Waals surface area contributed by atoms with Gasteiger partial charge in [-0.15, -0.1) is 0 Å². The van der Waals surface area contributed by atoms with Crippen LogP contribution >= 0.6 is 0 Å². The number of nitrogens with zero attached hydrogens (tertiary/aromatic N) is 3. The summed E-state index contributed by atoms with van der Waals surface area (Å²) >= 11 is 0. The first-order valence-electron chi connectivity index (χ1n) is 9.97. The predicted octanol–water partition coefficient (Wildman–Crippen LogP) is 3.33. The molecule has 29 heavy (non-hydrogen) atoms. The van der Waals surface area contributed by atoms with Crippen molar-refractivity contribution in [2.24, 2.45) is 0 Å². The van der Waals surface area contributed by atoms with Gasteiger partial charge in [0, 0.05) is 19.2 Å². The van der Waals surface area contributed by atoms with Gasteiger partial charge < -0.3 is 19.7 Å². The molecule has 1 amide bonds. The van der Waals surface area contributed by atoms with Crippen LogP contribution in [0.15, 0.2) is 30.6 Å². The number of nitrogens with one attached hydrogen (secondary N) is 1. The van der Waals surface area contributed by atoms with Crippen molar-refractivity contribution in [2.75, 3.05) is 36.5 Å². The second-order valence-electron chi connectivity index (χ2n) is 8.36. The van der Waals surface area contributed by atoms with E-state index in [1.807, 2.05) is 12.1 Å². The van der Waals surface area contributed by atoms with Crippen LogP contribution in [0.4, 0.5) is 11.6 Å². The Morgan fingerprint density at radius 3 is 2.62 bits per heavy atom. The molecular formula is C22H30N4O3. The summed E-state index contributed by atoms with van der Waals surface area (Å²) in [6, 6.07) is 7.82. The molecule has 2 heterocycles. The number of aryl methyl sites for hydroxylation is 1. The first-order valence-corrected chi connectivity index (χ1v) is 9.97. The van der Waals surface area contributed by atoms with Gasteiger partial charge in [-0.2, -0.15) is 0 Å². The molecule has 1 aromatic carbocycles. The maximum Gasteiger partial charge on any atom is 0.266 e. The van der Waals surface area contributed by atoms with Gasteiger partial charge in [0.25, 0.3) is 5.91 Å². The van der Waals surface area contributed by atoms with E-state index in [0.717, 1.165) is 35.8 Å². The molecule has 0 aliphatic carbocycles. The third-order valence-electron chi connectivity index (χ3n) is 4.86. The van der Waals surface area contributed by atoms with E-state index in [9.17, 15) is 4.79 Å². The standard InChI is InChI=1S/C22H30N4O3/c1-15-6-7-18(17(12-15)22(3,4)5)29-16(2)21(27)25-19-13-20(24-14-23-19)26-8-10-28-11-9-26/h6-7,12-14,16H,8-11H2,1-5H3,(H,23,24,25,27). The second kappa shape index (κ2) is 8.78. The Labute approximate surface area is 172 Å². The fourth-order valence-corrected chi connectivity index (χ4v) is 3.19. The van der Waals surface area contributed by atoms with E-state index in [1.165, 1.54) is 6.33 Å². The maximum absolute atomic E-state index is 12.7. The normalized spacial score (nSPS) is 15.7. The van der Waals surface area contributed by atoms with E-state index in [2.05, 4.69) is 53.9 Å². The summed E-state index contributed by atoms with van der Waals surface area (Å²) in [4.78, 5) is 23.3. The highest BCUT2D eigenvalue weighted by Crippen LogP contribution is 2.32. The Morgan fingerprint density at radius 2 is 1.93 bits per heavy atom. The van der Waals surface area contributed by atoms with Crippen molar-refractivity contribution in [1.29, 1.82) is 0 Å². The topological polar surface area (TPSA) is 76.6 Å². The zero-order valence-electron chi connectivity index (χ0n) is 17.9. The van der Waals surface area contributed by atoms with Crippen LogP contribution in [0.3, 0.4) is 0 Å². The lowest BCUT2D eigenvalue weighted by molar-refractivity contribution is -0.122. The molecule has 1 aliphatic rings. The molecular weight excluding hydrogens is 368 g/mol. The molecule has 0 radical (unpaired) electrons. The summed E-state index contributed by atoms with van der Waals surface area (Å²) in [6.45, 7) is 13.1. The molecule has 1 fully saturated rings. The van der Waals surface area contributed by atoms with Crippen LogP contribution < -0.4 is 15.0 Å². The molecule has 1 atom stereocenters. The van der Waals surface area contributed by atoms with Crippen molar-refractivity contribution in [3.05, 3.63) is 41.7 Å². The lowest BCUT2D eigenvalue weighted by atomic mass is 9.85. The fourth-order valence-electron chi connectivity index (χ4n) is 3.19. The first-order chi connectivity index (χ1) is 13.7. The van der Waals surface area contributed by atoms with Crippen LogP contribution in [-0.2, 0) is 14.9 Å². The van der Waals surface area contributed by atoms with E-state index in [4.69, 9.17) is 9.47 Å². The van der Waals surface area contributed by atoms with Crippen LogP contribution in [0.25, 0.3) is 0 Å². The summed E-state index contributed by atoms with van der Waals surface area (Å²) in [5.41, 5.74) is 2.15. The van der Waals surface area contributed by atoms with Crippen LogP contribution in [0.2, 0.25) is 0 Å². The number of hydrogen-bond acceptors (Lipinski definition) is 6. The number of rotatable bonds is 5. The van der Waals surface area contributed by atoms with E-state index < -0.39 is 6.10 Å². The number of amides is 1. The van der Waals surface area contributed by atoms with Gasteiger partial charge in [0.2, 0.25) is 0 Å².